The molecule has 1 aliphatic heterocycles. The molecule has 0 unspecified atom stereocenters. The summed E-state index contributed by atoms with van der Waals surface area (Å²) in [5.74, 6) is 0.0394. The van der Waals surface area contributed by atoms with Crippen LogP contribution in [0.25, 0.3) is 0 Å². The highest BCUT2D eigenvalue weighted by Crippen LogP contribution is 2.30. The largest absolute Gasteiger partial charge is 0.326 e. The molecular formula is C18H23ClN2O2S. The summed E-state index contributed by atoms with van der Waals surface area (Å²) in [5, 5.41) is 0. The molecule has 1 aliphatic rings. The molecule has 2 aromatic carbocycles. The van der Waals surface area contributed by atoms with Crippen molar-refractivity contribution in [3.8, 4) is 0 Å². The van der Waals surface area contributed by atoms with Gasteiger partial charge in [-0.3, -0.25) is 0 Å². The number of benzene rings is 2. The minimum atomic E-state index is -3.50. The van der Waals surface area contributed by atoms with Crippen molar-refractivity contribution in [2.75, 3.05) is 13.1 Å². The van der Waals surface area contributed by atoms with Gasteiger partial charge in [0.05, 0.1) is 4.90 Å². The second-order valence-corrected chi connectivity index (χ2v) is 8.19. The van der Waals surface area contributed by atoms with Crippen LogP contribution in [0.1, 0.15) is 22.6 Å². The average Bonchev–Trinajstić information content (AvgIpc) is 2.93. The Morgan fingerprint density at radius 1 is 1.00 bits per heavy atom. The van der Waals surface area contributed by atoms with Crippen LogP contribution in [0.4, 0.5) is 0 Å². The van der Waals surface area contributed by atoms with E-state index in [1.165, 1.54) is 4.31 Å². The third-order valence-corrected chi connectivity index (χ3v) is 6.50. The maximum absolute atomic E-state index is 12.9. The van der Waals surface area contributed by atoms with Gasteiger partial charge in [0, 0.05) is 25.0 Å². The van der Waals surface area contributed by atoms with Crippen molar-refractivity contribution in [1.82, 2.24) is 4.31 Å². The molecule has 0 saturated carbocycles. The molecule has 0 spiro atoms. The number of aryl methyl sites for hydroxylation is 2. The van der Waals surface area contributed by atoms with E-state index in [1.54, 1.807) is 12.1 Å². The molecule has 0 amide bonds. The Bertz CT molecular complexity index is 809. The predicted octanol–water partition coefficient (Wildman–Crippen LogP) is 2.84. The van der Waals surface area contributed by atoms with Gasteiger partial charge >= 0.3 is 0 Å². The third-order valence-electron chi connectivity index (χ3n) is 4.68. The van der Waals surface area contributed by atoms with Gasteiger partial charge in [-0.1, -0.05) is 36.4 Å². The predicted molar refractivity (Wildman–Crippen MR) is 99.1 cm³/mol. The fraction of sp³-hybridized carbons (Fsp3) is 0.333. The van der Waals surface area contributed by atoms with Crippen molar-refractivity contribution < 1.29 is 8.42 Å². The van der Waals surface area contributed by atoms with Gasteiger partial charge in [0.15, 0.2) is 0 Å². The molecule has 1 fully saturated rings. The first-order chi connectivity index (χ1) is 10.9. The van der Waals surface area contributed by atoms with Crippen LogP contribution in [0.3, 0.4) is 0 Å². The van der Waals surface area contributed by atoms with E-state index < -0.39 is 10.0 Å². The minimum absolute atomic E-state index is 0. The van der Waals surface area contributed by atoms with Gasteiger partial charge < -0.3 is 5.73 Å². The highest BCUT2D eigenvalue weighted by molar-refractivity contribution is 7.89. The summed E-state index contributed by atoms with van der Waals surface area (Å²) >= 11 is 0. The lowest BCUT2D eigenvalue weighted by Gasteiger charge is -2.17. The quantitative estimate of drug-likeness (QED) is 0.908. The Morgan fingerprint density at radius 2 is 1.67 bits per heavy atom. The standard InChI is InChI=1S/C18H22N2O2S.ClH/c1-13-8-9-16(10-14(13)2)23(21,22)20-11-17(18(19)12-20)15-6-4-3-5-7-15;/h3-10,17-18H,11-12,19H2,1-2H3;1H/t17-,18+;/m0./s1. The maximum Gasteiger partial charge on any atom is 0.243 e. The van der Waals surface area contributed by atoms with Crippen LogP contribution in [-0.2, 0) is 10.0 Å². The number of halogens is 1. The Kier molecular flexibility index (Phi) is 5.71. The number of hydrogen-bond acceptors (Lipinski definition) is 3. The highest BCUT2D eigenvalue weighted by atomic mass is 35.5. The van der Waals surface area contributed by atoms with Crippen molar-refractivity contribution in [1.29, 1.82) is 0 Å². The van der Waals surface area contributed by atoms with Crippen LogP contribution in [-0.4, -0.2) is 31.9 Å². The molecule has 0 aromatic heterocycles. The molecule has 2 atom stereocenters. The summed E-state index contributed by atoms with van der Waals surface area (Å²) in [5.41, 5.74) is 9.39. The molecule has 4 nitrogen and oxygen atoms in total. The van der Waals surface area contributed by atoms with E-state index in [-0.39, 0.29) is 24.4 Å². The average molecular weight is 367 g/mol. The fourth-order valence-corrected chi connectivity index (χ4v) is 4.65. The van der Waals surface area contributed by atoms with E-state index >= 15 is 0 Å². The fourth-order valence-electron chi connectivity index (χ4n) is 3.06. The maximum atomic E-state index is 12.9. The lowest BCUT2D eigenvalue weighted by molar-refractivity contribution is 0.470. The zero-order valence-corrected chi connectivity index (χ0v) is 15.5. The number of nitrogens with two attached hydrogens (primary N) is 1. The molecule has 1 heterocycles. The molecule has 6 heteroatoms. The zero-order valence-electron chi connectivity index (χ0n) is 13.8. The second kappa shape index (κ2) is 7.23. The van der Waals surface area contributed by atoms with Crippen molar-refractivity contribution in [3.63, 3.8) is 0 Å². The first-order valence-electron chi connectivity index (χ1n) is 7.77. The van der Waals surface area contributed by atoms with Gasteiger partial charge in [-0.25, -0.2) is 8.42 Å². The lowest BCUT2D eigenvalue weighted by atomic mass is 9.95. The van der Waals surface area contributed by atoms with E-state index in [9.17, 15) is 8.42 Å². The molecule has 1 saturated heterocycles. The van der Waals surface area contributed by atoms with Gasteiger partial charge in [0.1, 0.15) is 0 Å². The van der Waals surface area contributed by atoms with Crippen LogP contribution >= 0.6 is 12.4 Å². The van der Waals surface area contributed by atoms with E-state index in [1.807, 2.05) is 50.2 Å². The number of rotatable bonds is 3. The van der Waals surface area contributed by atoms with E-state index in [4.69, 9.17) is 5.73 Å². The summed E-state index contributed by atoms with van der Waals surface area (Å²) in [6.07, 6.45) is 0. The van der Waals surface area contributed by atoms with Gasteiger partial charge in [-0.2, -0.15) is 4.31 Å². The smallest absolute Gasteiger partial charge is 0.243 e. The zero-order chi connectivity index (χ0) is 16.6. The van der Waals surface area contributed by atoms with Crippen molar-refractivity contribution >= 4 is 22.4 Å². The summed E-state index contributed by atoms with van der Waals surface area (Å²) in [7, 11) is -3.50. The summed E-state index contributed by atoms with van der Waals surface area (Å²) in [4.78, 5) is 0.349. The SMILES string of the molecule is Cc1ccc(S(=O)(=O)N2C[C@@H](N)[C@H](c3ccccc3)C2)cc1C.Cl. The molecule has 0 radical (unpaired) electrons. The van der Waals surface area contributed by atoms with Crippen molar-refractivity contribution in [3.05, 3.63) is 65.2 Å². The Morgan fingerprint density at radius 3 is 2.29 bits per heavy atom. The van der Waals surface area contributed by atoms with Crippen LogP contribution in [0.5, 0.6) is 0 Å². The Hall–Kier alpha value is -1.40. The van der Waals surface area contributed by atoms with E-state index in [0.29, 0.717) is 18.0 Å². The molecule has 2 aromatic rings. The molecule has 24 heavy (non-hydrogen) atoms. The van der Waals surface area contributed by atoms with Crippen molar-refractivity contribution in [2.45, 2.75) is 30.7 Å². The van der Waals surface area contributed by atoms with Crippen LogP contribution in [0, 0.1) is 13.8 Å². The molecule has 0 aliphatic carbocycles. The molecule has 130 valence electrons. The van der Waals surface area contributed by atoms with Gasteiger partial charge in [-0.05, 0) is 42.7 Å². The molecule has 2 N–H and O–H groups in total. The number of nitrogens with zero attached hydrogens (tertiary/aromatic N) is 1. The highest BCUT2D eigenvalue weighted by Gasteiger charge is 2.38. The van der Waals surface area contributed by atoms with E-state index in [2.05, 4.69) is 0 Å². The first-order valence-corrected chi connectivity index (χ1v) is 9.21. The van der Waals surface area contributed by atoms with Gasteiger partial charge in [0.2, 0.25) is 10.0 Å². The van der Waals surface area contributed by atoms with Crippen LogP contribution in [0.2, 0.25) is 0 Å². The summed E-state index contributed by atoms with van der Waals surface area (Å²) in [6.45, 7) is 4.69. The summed E-state index contributed by atoms with van der Waals surface area (Å²) in [6, 6.07) is 15.0. The lowest BCUT2D eigenvalue weighted by Crippen LogP contribution is -2.32. The third kappa shape index (κ3) is 3.49. The number of hydrogen-bond donors (Lipinski definition) is 1. The topological polar surface area (TPSA) is 63.4 Å². The van der Waals surface area contributed by atoms with Crippen molar-refractivity contribution in [2.24, 2.45) is 5.73 Å². The normalized spacial score (nSPS) is 21.5. The Labute approximate surface area is 150 Å². The van der Waals surface area contributed by atoms with Crippen LogP contribution in [0.15, 0.2) is 53.4 Å². The van der Waals surface area contributed by atoms with Crippen LogP contribution < -0.4 is 5.73 Å². The Balaban J connectivity index is 0.00000208. The van der Waals surface area contributed by atoms with Gasteiger partial charge in [-0.15, -0.1) is 12.4 Å². The molecule has 0 bridgehead atoms. The second-order valence-electron chi connectivity index (χ2n) is 6.25. The van der Waals surface area contributed by atoms with Gasteiger partial charge in [0.25, 0.3) is 0 Å². The monoisotopic (exact) mass is 366 g/mol. The molecular weight excluding hydrogens is 344 g/mol. The summed E-state index contributed by atoms with van der Waals surface area (Å²) < 4.78 is 27.3. The minimum Gasteiger partial charge on any atom is -0.326 e. The first kappa shape index (κ1) is 18.9. The van der Waals surface area contributed by atoms with E-state index in [0.717, 1.165) is 16.7 Å². The molecule has 3 rings (SSSR count). The number of sulfonamides is 1.